The lowest BCUT2D eigenvalue weighted by atomic mass is 9.84. The van der Waals surface area contributed by atoms with Crippen molar-refractivity contribution in [2.24, 2.45) is 17.3 Å². The number of carbonyl (C=O) groups is 1. The Bertz CT molecular complexity index is 254. The van der Waals surface area contributed by atoms with Gasteiger partial charge in [-0.25, -0.2) is 0 Å². The average Bonchev–Trinajstić information content (AvgIpc) is 2.23. The summed E-state index contributed by atoms with van der Waals surface area (Å²) in [6.07, 6.45) is 1.89. The molecule has 0 amide bonds. The van der Waals surface area contributed by atoms with Gasteiger partial charge in [0.2, 0.25) is 0 Å². The standard InChI is InChI=1S/C13H25NO2/c1-5-13(4,12(15)16)9-14-7-6-10(2)11(3)8-14/h10-11H,5-9H2,1-4H3,(H,15,16). The zero-order valence-electron chi connectivity index (χ0n) is 11.0. The quantitative estimate of drug-likeness (QED) is 0.802. The first kappa shape index (κ1) is 13.5. The third-order valence-corrected chi connectivity index (χ3v) is 4.29. The van der Waals surface area contributed by atoms with Gasteiger partial charge in [-0.15, -0.1) is 0 Å². The van der Waals surface area contributed by atoms with E-state index in [4.69, 9.17) is 0 Å². The number of hydrogen-bond donors (Lipinski definition) is 1. The highest BCUT2D eigenvalue weighted by molar-refractivity contribution is 5.74. The molecule has 0 radical (unpaired) electrons. The highest BCUT2D eigenvalue weighted by Gasteiger charge is 2.35. The molecule has 16 heavy (non-hydrogen) atoms. The fourth-order valence-electron chi connectivity index (χ4n) is 2.32. The van der Waals surface area contributed by atoms with Gasteiger partial charge in [-0.3, -0.25) is 4.79 Å². The molecule has 94 valence electrons. The number of hydrogen-bond acceptors (Lipinski definition) is 2. The van der Waals surface area contributed by atoms with E-state index in [2.05, 4.69) is 18.7 Å². The highest BCUT2D eigenvalue weighted by Crippen LogP contribution is 2.28. The summed E-state index contributed by atoms with van der Waals surface area (Å²) in [6.45, 7) is 11.2. The number of likely N-dealkylation sites (tertiary alicyclic amines) is 1. The monoisotopic (exact) mass is 227 g/mol. The molecular weight excluding hydrogens is 202 g/mol. The first-order chi connectivity index (χ1) is 7.39. The molecule has 3 nitrogen and oxygen atoms in total. The smallest absolute Gasteiger partial charge is 0.310 e. The zero-order chi connectivity index (χ0) is 12.3. The molecule has 0 spiro atoms. The molecule has 1 N–H and O–H groups in total. The fraction of sp³-hybridized carbons (Fsp3) is 0.923. The molecule has 0 aromatic carbocycles. The number of nitrogens with zero attached hydrogens (tertiary/aromatic N) is 1. The topological polar surface area (TPSA) is 40.5 Å². The number of rotatable bonds is 4. The van der Waals surface area contributed by atoms with Gasteiger partial charge in [-0.05, 0) is 38.1 Å². The maximum absolute atomic E-state index is 11.2. The van der Waals surface area contributed by atoms with Gasteiger partial charge in [0, 0.05) is 13.1 Å². The Hall–Kier alpha value is -0.570. The molecule has 0 saturated carbocycles. The van der Waals surface area contributed by atoms with Crippen LogP contribution in [0.1, 0.15) is 40.5 Å². The summed E-state index contributed by atoms with van der Waals surface area (Å²) in [7, 11) is 0. The molecule has 0 aromatic rings. The summed E-state index contributed by atoms with van der Waals surface area (Å²) in [4.78, 5) is 13.6. The lowest BCUT2D eigenvalue weighted by molar-refractivity contribution is -0.149. The summed E-state index contributed by atoms with van der Waals surface area (Å²) in [6, 6.07) is 0. The van der Waals surface area contributed by atoms with Gasteiger partial charge >= 0.3 is 5.97 Å². The van der Waals surface area contributed by atoms with Crippen LogP contribution in [0.5, 0.6) is 0 Å². The molecule has 1 fully saturated rings. The number of aliphatic carboxylic acids is 1. The Kier molecular flexibility index (Phi) is 4.36. The van der Waals surface area contributed by atoms with Crippen LogP contribution in [0.4, 0.5) is 0 Å². The predicted octanol–water partition coefficient (Wildman–Crippen LogP) is 2.47. The molecule has 1 aliphatic rings. The molecule has 1 rings (SSSR count). The minimum atomic E-state index is -0.665. The Balaban J connectivity index is 2.57. The van der Waals surface area contributed by atoms with Gasteiger partial charge in [0.05, 0.1) is 5.41 Å². The maximum atomic E-state index is 11.2. The normalized spacial score (nSPS) is 31.0. The SMILES string of the molecule is CCC(C)(CN1CCC(C)C(C)C1)C(=O)O. The number of carboxylic acid groups (broad SMARTS) is 1. The van der Waals surface area contributed by atoms with E-state index in [1.807, 2.05) is 13.8 Å². The van der Waals surface area contributed by atoms with Crippen LogP contribution in [-0.4, -0.2) is 35.6 Å². The zero-order valence-corrected chi connectivity index (χ0v) is 11.0. The molecular formula is C13H25NO2. The van der Waals surface area contributed by atoms with Crippen molar-refractivity contribution in [1.82, 2.24) is 4.90 Å². The van der Waals surface area contributed by atoms with E-state index in [0.29, 0.717) is 18.9 Å². The molecule has 3 heteroatoms. The number of piperidine rings is 1. The van der Waals surface area contributed by atoms with Crippen LogP contribution in [0.2, 0.25) is 0 Å². The Morgan fingerprint density at radius 1 is 1.44 bits per heavy atom. The second-order valence-electron chi connectivity index (χ2n) is 5.70. The molecule has 0 aliphatic carbocycles. The van der Waals surface area contributed by atoms with Crippen molar-refractivity contribution >= 4 is 5.97 Å². The van der Waals surface area contributed by atoms with Crippen LogP contribution < -0.4 is 0 Å². The molecule has 1 saturated heterocycles. The lowest BCUT2D eigenvalue weighted by Crippen LogP contribution is -2.46. The van der Waals surface area contributed by atoms with Crippen molar-refractivity contribution in [3.05, 3.63) is 0 Å². The second-order valence-corrected chi connectivity index (χ2v) is 5.70. The van der Waals surface area contributed by atoms with Gasteiger partial charge in [0.25, 0.3) is 0 Å². The average molecular weight is 227 g/mol. The van der Waals surface area contributed by atoms with E-state index in [1.54, 1.807) is 0 Å². The second kappa shape index (κ2) is 5.17. The van der Waals surface area contributed by atoms with E-state index in [-0.39, 0.29) is 0 Å². The van der Waals surface area contributed by atoms with Crippen molar-refractivity contribution in [3.8, 4) is 0 Å². The largest absolute Gasteiger partial charge is 0.481 e. The summed E-state index contributed by atoms with van der Waals surface area (Å²) in [5, 5.41) is 9.25. The summed E-state index contributed by atoms with van der Waals surface area (Å²) < 4.78 is 0. The molecule has 0 bridgehead atoms. The fourth-order valence-corrected chi connectivity index (χ4v) is 2.32. The van der Waals surface area contributed by atoms with Gasteiger partial charge in [-0.1, -0.05) is 20.8 Å². The minimum absolute atomic E-state index is 0.583. The van der Waals surface area contributed by atoms with Gasteiger partial charge in [-0.2, -0.15) is 0 Å². The summed E-state index contributed by atoms with van der Waals surface area (Å²) >= 11 is 0. The van der Waals surface area contributed by atoms with Gasteiger partial charge in [0.15, 0.2) is 0 Å². The Labute approximate surface area is 98.8 Å². The lowest BCUT2D eigenvalue weighted by Gasteiger charge is -2.39. The van der Waals surface area contributed by atoms with E-state index in [0.717, 1.165) is 19.0 Å². The van der Waals surface area contributed by atoms with Crippen molar-refractivity contribution < 1.29 is 9.90 Å². The van der Waals surface area contributed by atoms with Crippen molar-refractivity contribution in [3.63, 3.8) is 0 Å². The molecule has 3 atom stereocenters. The maximum Gasteiger partial charge on any atom is 0.310 e. The third kappa shape index (κ3) is 2.97. The van der Waals surface area contributed by atoms with E-state index in [9.17, 15) is 9.90 Å². The van der Waals surface area contributed by atoms with Gasteiger partial charge in [0.1, 0.15) is 0 Å². The minimum Gasteiger partial charge on any atom is -0.481 e. The van der Waals surface area contributed by atoms with Crippen LogP contribution in [0.25, 0.3) is 0 Å². The third-order valence-electron chi connectivity index (χ3n) is 4.29. The van der Waals surface area contributed by atoms with Gasteiger partial charge < -0.3 is 10.0 Å². The predicted molar refractivity (Wildman–Crippen MR) is 65.4 cm³/mol. The van der Waals surface area contributed by atoms with Crippen LogP contribution >= 0.6 is 0 Å². The summed E-state index contributed by atoms with van der Waals surface area (Å²) in [5.41, 5.74) is -0.583. The summed E-state index contributed by atoms with van der Waals surface area (Å²) in [5.74, 6) is 0.791. The van der Waals surface area contributed by atoms with Crippen LogP contribution in [0.3, 0.4) is 0 Å². The Morgan fingerprint density at radius 2 is 2.06 bits per heavy atom. The van der Waals surface area contributed by atoms with Crippen molar-refractivity contribution in [2.75, 3.05) is 19.6 Å². The molecule has 3 unspecified atom stereocenters. The first-order valence-electron chi connectivity index (χ1n) is 6.35. The van der Waals surface area contributed by atoms with Crippen LogP contribution in [-0.2, 0) is 4.79 Å². The first-order valence-corrected chi connectivity index (χ1v) is 6.35. The Morgan fingerprint density at radius 3 is 2.50 bits per heavy atom. The van der Waals surface area contributed by atoms with Crippen LogP contribution in [0.15, 0.2) is 0 Å². The van der Waals surface area contributed by atoms with E-state index >= 15 is 0 Å². The molecule has 0 aromatic heterocycles. The molecule has 1 aliphatic heterocycles. The van der Waals surface area contributed by atoms with Crippen molar-refractivity contribution in [2.45, 2.75) is 40.5 Å². The van der Waals surface area contributed by atoms with Crippen molar-refractivity contribution in [1.29, 1.82) is 0 Å². The van der Waals surface area contributed by atoms with Crippen LogP contribution in [0, 0.1) is 17.3 Å². The van der Waals surface area contributed by atoms with E-state index < -0.39 is 11.4 Å². The van der Waals surface area contributed by atoms with E-state index in [1.165, 1.54) is 6.42 Å². The number of carboxylic acids is 1. The highest BCUT2D eigenvalue weighted by atomic mass is 16.4. The molecule has 1 heterocycles.